The van der Waals surface area contributed by atoms with Crippen molar-refractivity contribution in [3.05, 3.63) is 43.9 Å². The predicted molar refractivity (Wildman–Crippen MR) is 81.9 cm³/mol. The number of H-pyrrole nitrogens is 1. The Bertz CT molecular complexity index is 561. The molecule has 0 aliphatic heterocycles. The van der Waals surface area contributed by atoms with Crippen molar-refractivity contribution in [1.29, 1.82) is 0 Å². The number of aromatic amines is 1. The van der Waals surface area contributed by atoms with E-state index < -0.39 is 0 Å². The van der Waals surface area contributed by atoms with E-state index in [9.17, 15) is 4.79 Å². The summed E-state index contributed by atoms with van der Waals surface area (Å²) in [6, 6.07) is 8.37. The van der Waals surface area contributed by atoms with Crippen molar-refractivity contribution in [2.75, 3.05) is 0 Å². The molecule has 18 heavy (non-hydrogen) atoms. The largest absolute Gasteiger partial charge is 0.343 e. The fourth-order valence-corrected chi connectivity index (χ4v) is 2.85. The van der Waals surface area contributed by atoms with E-state index in [-0.39, 0.29) is 5.69 Å². The zero-order valence-corrected chi connectivity index (χ0v) is 13.0. The maximum atomic E-state index is 11.5. The van der Waals surface area contributed by atoms with Crippen LogP contribution in [0.1, 0.15) is 18.9 Å². The molecule has 0 radical (unpaired) electrons. The minimum absolute atomic E-state index is 0.123. The van der Waals surface area contributed by atoms with Gasteiger partial charge in [0, 0.05) is 15.9 Å². The first-order chi connectivity index (χ1) is 8.70. The molecule has 4 nitrogen and oxygen atoms in total. The van der Waals surface area contributed by atoms with Crippen LogP contribution in [0.5, 0.6) is 0 Å². The lowest BCUT2D eigenvalue weighted by molar-refractivity contribution is 0.604. The van der Waals surface area contributed by atoms with Gasteiger partial charge in [-0.15, -0.1) is 5.10 Å². The molecule has 0 atom stereocenters. The molecule has 0 saturated carbocycles. The molecule has 2 aromatic rings. The molecule has 0 aliphatic carbocycles. The van der Waals surface area contributed by atoms with Gasteiger partial charge in [0.1, 0.15) is 0 Å². The molecule has 0 spiro atoms. The van der Waals surface area contributed by atoms with Crippen LogP contribution in [0.2, 0.25) is 0 Å². The number of benzene rings is 1. The minimum atomic E-state index is -0.123. The second-order valence-electron chi connectivity index (χ2n) is 3.88. The van der Waals surface area contributed by atoms with Crippen LogP contribution in [0.4, 0.5) is 0 Å². The van der Waals surface area contributed by atoms with Crippen LogP contribution in [0.25, 0.3) is 0 Å². The molecular weight excluding hydrogens is 361 g/mol. The first-order valence-electron chi connectivity index (χ1n) is 5.73. The van der Waals surface area contributed by atoms with E-state index in [1.54, 1.807) is 16.3 Å². The molecular formula is C12H14IN3OS. The van der Waals surface area contributed by atoms with Crippen molar-refractivity contribution < 1.29 is 0 Å². The van der Waals surface area contributed by atoms with E-state index in [1.165, 1.54) is 9.13 Å². The highest BCUT2D eigenvalue weighted by Gasteiger charge is 2.07. The Labute approximate surface area is 123 Å². The summed E-state index contributed by atoms with van der Waals surface area (Å²) in [5, 5.41) is 7.32. The van der Waals surface area contributed by atoms with Crippen LogP contribution in [0.3, 0.4) is 0 Å². The van der Waals surface area contributed by atoms with E-state index >= 15 is 0 Å². The second-order valence-corrected chi connectivity index (χ2v) is 6.07. The molecule has 1 heterocycles. The zero-order valence-electron chi connectivity index (χ0n) is 10.0. The van der Waals surface area contributed by atoms with Crippen molar-refractivity contribution in [3.63, 3.8) is 0 Å². The summed E-state index contributed by atoms with van der Waals surface area (Å²) in [6.45, 7) is 2.76. The van der Waals surface area contributed by atoms with Gasteiger partial charge >= 0.3 is 5.69 Å². The highest BCUT2D eigenvalue weighted by molar-refractivity contribution is 14.1. The number of aromatic nitrogens is 3. The van der Waals surface area contributed by atoms with Crippen LogP contribution in [-0.4, -0.2) is 14.8 Å². The standard InChI is InChI=1S/C12H14IN3OS/c1-2-7-16-11(17)14-15-12(16)18-8-9-3-5-10(13)6-4-9/h3-6H,2,7-8H2,1H3,(H,14,17). The topological polar surface area (TPSA) is 50.7 Å². The summed E-state index contributed by atoms with van der Waals surface area (Å²) in [4.78, 5) is 11.5. The Hall–Kier alpha value is -0.760. The molecule has 0 saturated heterocycles. The van der Waals surface area contributed by atoms with Crippen molar-refractivity contribution >= 4 is 34.4 Å². The Morgan fingerprint density at radius 2 is 2.11 bits per heavy atom. The van der Waals surface area contributed by atoms with Gasteiger partial charge in [0.2, 0.25) is 0 Å². The summed E-state index contributed by atoms with van der Waals surface area (Å²) in [7, 11) is 0. The minimum Gasteiger partial charge on any atom is -0.270 e. The van der Waals surface area contributed by atoms with Crippen LogP contribution < -0.4 is 5.69 Å². The van der Waals surface area contributed by atoms with Crippen molar-refractivity contribution in [2.24, 2.45) is 0 Å². The number of nitrogens with one attached hydrogen (secondary N) is 1. The maximum Gasteiger partial charge on any atom is 0.343 e. The van der Waals surface area contributed by atoms with E-state index in [2.05, 4.69) is 57.1 Å². The lowest BCUT2D eigenvalue weighted by Gasteiger charge is -2.03. The van der Waals surface area contributed by atoms with Gasteiger partial charge in [-0.25, -0.2) is 9.89 Å². The summed E-state index contributed by atoms with van der Waals surface area (Å²) < 4.78 is 2.92. The number of nitrogens with zero attached hydrogens (tertiary/aromatic N) is 2. The Balaban J connectivity index is 2.06. The average Bonchev–Trinajstić information content (AvgIpc) is 2.71. The van der Waals surface area contributed by atoms with Crippen LogP contribution in [0, 0.1) is 3.57 Å². The van der Waals surface area contributed by atoms with Gasteiger partial charge in [-0.05, 0) is 46.7 Å². The number of hydrogen-bond acceptors (Lipinski definition) is 3. The smallest absolute Gasteiger partial charge is 0.270 e. The SMILES string of the molecule is CCCn1c(SCc2ccc(I)cc2)n[nH]c1=O. The Kier molecular flexibility index (Phi) is 4.87. The van der Waals surface area contributed by atoms with E-state index in [0.29, 0.717) is 6.54 Å². The molecule has 1 aromatic heterocycles. The Morgan fingerprint density at radius 1 is 1.39 bits per heavy atom. The monoisotopic (exact) mass is 375 g/mol. The summed E-state index contributed by atoms with van der Waals surface area (Å²) in [5.41, 5.74) is 1.11. The first kappa shape index (κ1) is 13.7. The average molecular weight is 375 g/mol. The van der Waals surface area contributed by atoms with Crippen molar-refractivity contribution in [3.8, 4) is 0 Å². The van der Waals surface area contributed by atoms with Gasteiger partial charge in [0.15, 0.2) is 5.16 Å². The zero-order chi connectivity index (χ0) is 13.0. The quantitative estimate of drug-likeness (QED) is 0.646. The number of thioether (sulfide) groups is 1. The summed E-state index contributed by atoms with van der Waals surface area (Å²) in [6.07, 6.45) is 0.927. The highest BCUT2D eigenvalue weighted by atomic mass is 127. The normalized spacial score (nSPS) is 10.8. The summed E-state index contributed by atoms with van der Waals surface area (Å²) >= 11 is 3.87. The molecule has 2 rings (SSSR count). The molecule has 6 heteroatoms. The molecule has 0 bridgehead atoms. The van der Waals surface area contributed by atoms with Crippen LogP contribution in [-0.2, 0) is 12.3 Å². The highest BCUT2D eigenvalue weighted by Crippen LogP contribution is 2.20. The van der Waals surface area contributed by atoms with E-state index in [1.807, 2.05) is 6.92 Å². The predicted octanol–water partition coefficient (Wildman–Crippen LogP) is 2.88. The number of hydrogen-bond donors (Lipinski definition) is 1. The number of rotatable bonds is 5. The van der Waals surface area contributed by atoms with Crippen LogP contribution in [0.15, 0.2) is 34.2 Å². The molecule has 0 unspecified atom stereocenters. The second kappa shape index (κ2) is 6.42. The molecule has 0 fully saturated rings. The van der Waals surface area contributed by atoms with Gasteiger partial charge in [0.25, 0.3) is 0 Å². The lowest BCUT2D eigenvalue weighted by atomic mass is 10.2. The summed E-state index contributed by atoms with van der Waals surface area (Å²) in [5.74, 6) is 0.824. The fraction of sp³-hybridized carbons (Fsp3) is 0.333. The first-order valence-corrected chi connectivity index (χ1v) is 7.79. The maximum absolute atomic E-state index is 11.5. The van der Waals surface area contributed by atoms with Crippen molar-refractivity contribution in [1.82, 2.24) is 14.8 Å². The third kappa shape index (κ3) is 3.38. The van der Waals surface area contributed by atoms with Gasteiger partial charge in [-0.3, -0.25) is 4.57 Å². The Morgan fingerprint density at radius 3 is 2.78 bits per heavy atom. The van der Waals surface area contributed by atoms with Gasteiger partial charge < -0.3 is 0 Å². The van der Waals surface area contributed by atoms with Gasteiger partial charge in [-0.1, -0.05) is 30.8 Å². The lowest BCUT2D eigenvalue weighted by Crippen LogP contribution is -2.17. The molecule has 0 aliphatic rings. The van der Waals surface area contributed by atoms with Crippen molar-refractivity contribution in [2.45, 2.75) is 30.8 Å². The fourth-order valence-electron chi connectivity index (χ4n) is 1.56. The van der Waals surface area contributed by atoms with Gasteiger partial charge in [-0.2, -0.15) is 0 Å². The van der Waals surface area contributed by atoms with E-state index in [0.717, 1.165) is 17.3 Å². The third-order valence-electron chi connectivity index (χ3n) is 2.45. The van der Waals surface area contributed by atoms with Crippen LogP contribution >= 0.6 is 34.4 Å². The number of halogens is 1. The molecule has 1 N–H and O–H groups in total. The molecule has 1 aromatic carbocycles. The van der Waals surface area contributed by atoms with Gasteiger partial charge in [0.05, 0.1) is 0 Å². The van der Waals surface area contributed by atoms with E-state index in [4.69, 9.17) is 0 Å². The third-order valence-corrected chi connectivity index (χ3v) is 4.22. The molecule has 0 amide bonds. The molecule has 96 valence electrons.